The van der Waals surface area contributed by atoms with E-state index in [2.05, 4.69) is 5.10 Å². The summed E-state index contributed by atoms with van der Waals surface area (Å²) in [6, 6.07) is 8.09. The van der Waals surface area contributed by atoms with Crippen LogP contribution < -0.4 is 0 Å². The second kappa shape index (κ2) is 4.53. The number of aryl methyl sites for hydroxylation is 1. The lowest BCUT2D eigenvalue weighted by atomic mass is 10.0. The molecule has 3 nitrogen and oxygen atoms in total. The lowest BCUT2D eigenvalue weighted by Crippen LogP contribution is -1.96. The van der Waals surface area contributed by atoms with Crippen molar-refractivity contribution in [3.8, 4) is 11.1 Å². The van der Waals surface area contributed by atoms with Gasteiger partial charge in [0.05, 0.1) is 6.20 Å². The van der Waals surface area contributed by atoms with Crippen molar-refractivity contribution in [2.75, 3.05) is 0 Å². The molecular weight excluding hydrogens is 212 g/mol. The average molecular weight is 228 g/mol. The molecule has 0 fully saturated rings. The summed E-state index contributed by atoms with van der Waals surface area (Å²) in [4.78, 5) is 11.0. The van der Waals surface area contributed by atoms with E-state index in [1.165, 1.54) is 0 Å². The molecule has 1 aromatic carbocycles. The van der Waals surface area contributed by atoms with E-state index in [9.17, 15) is 4.79 Å². The van der Waals surface area contributed by atoms with Gasteiger partial charge in [0.15, 0.2) is 0 Å². The first-order valence-electron chi connectivity index (χ1n) is 5.65. The fourth-order valence-electron chi connectivity index (χ4n) is 1.87. The van der Waals surface area contributed by atoms with E-state index < -0.39 is 0 Å². The number of carbonyl (C=O) groups is 1. The first kappa shape index (κ1) is 11.6. The Hall–Kier alpha value is -1.90. The minimum Gasteiger partial charge on any atom is -0.300 e. The van der Waals surface area contributed by atoms with Crippen LogP contribution in [0, 0.1) is 6.92 Å². The van der Waals surface area contributed by atoms with E-state index in [4.69, 9.17) is 0 Å². The fraction of sp³-hybridized carbons (Fsp3) is 0.286. The molecule has 0 aliphatic heterocycles. The molecule has 0 amide bonds. The molecule has 17 heavy (non-hydrogen) atoms. The Morgan fingerprint density at radius 3 is 2.41 bits per heavy atom. The first-order valence-corrected chi connectivity index (χ1v) is 5.65. The molecule has 0 radical (unpaired) electrons. The first-order chi connectivity index (χ1) is 8.08. The zero-order chi connectivity index (χ0) is 12.4. The molecule has 0 bridgehead atoms. The van der Waals surface area contributed by atoms with Gasteiger partial charge in [-0.2, -0.15) is 5.10 Å². The van der Waals surface area contributed by atoms with Crippen molar-refractivity contribution in [2.24, 2.45) is 7.05 Å². The molecule has 0 unspecified atom stereocenters. The fourth-order valence-corrected chi connectivity index (χ4v) is 1.87. The van der Waals surface area contributed by atoms with Crippen LogP contribution in [-0.4, -0.2) is 15.6 Å². The predicted octanol–water partition coefficient (Wildman–Crippen LogP) is 2.53. The number of ketones is 1. The highest BCUT2D eigenvalue weighted by molar-refractivity contribution is 5.78. The van der Waals surface area contributed by atoms with Gasteiger partial charge in [-0.25, -0.2) is 0 Å². The zero-order valence-corrected chi connectivity index (χ0v) is 10.4. The highest BCUT2D eigenvalue weighted by atomic mass is 16.1. The lowest BCUT2D eigenvalue weighted by Gasteiger charge is -2.03. The van der Waals surface area contributed by atoms with Gasteiger partial charge in [0.25, 0.3) is 0 Å². The van der Waals surface area contributed by atoms with Gasteiger partial charge >= 0.3 is 0 Å². The molecule has 3 heteroatoms. The van der Waals surface area contributed by atoms with Crippen LogP contribution in [0.1, 0.15) is 18.2 Å². The van der Waals surface area contributed by atoms with Gasteiger partial charge in [-0.15, -0.1) is 0 Å². The summed E-state index contributed by atoms with van der Waals surface area (Å²) in [6.45, 7) is 3.66. The molecule has 0 saturated carbocycles. The molecule has 2 aromatic rings. The normalized spacial score (nSPS) is 10.5. The summed E-state index contributed by atoms with van der Waals surface area (Å²) in [5.74, 6) is 0.190. The molecule has 0 saturated heterocycles. The molecular formula is C14H16N2O. The number of carbonyl (C=O) groups excluding carboxylic acids is 1. The quantitative estimate of drug-likeness (QED) is 0.809. The summed E-state index contributed by atoms with van der Waals surface area (Å²) in [5.41, 5.74) is 4.48. The molecule has 0 aliphatic rings. The second-order valence-corrected chi connectivity index (χ2v) is 4.34. The van der Waals surface area contributed by atoms with Crippen molar-refractivity contribution < 1.29 is 4.79 Å². The van der Waals surface area contributed by atoms with Crippen molar-refractivity contribution in [1.29, 1.82) is 0 Å². The van der Waals surface area contributed by atoms with Gasteiger partial charge in [-0.3, -0.25) is 9.48 Å². The smallest absolute Gasteiger partial charge is 0.134 e. The molecule has 2 rings (SSSR count). The predicted molar refractivity (Wildman–Crippen MR) is 67.8 cm³/mol. The van der Waals surface area contributed by atoms with Crippen LogP contribution in [0.4, 0.5) is 0 Å². The number of rotatable bonds is 3. The average Bonchev–Trinajstić information content (AvgIpc) is 2.60. The van der Waals surface area contributed by atoms with Gasteiger partial charge in [-0.1, -0.05) is 24.3 Å². The van der Waals surface area contributed by atoms with E-state index in [0.717, 1.165) is 22.4 Å². The molecule has 1 aromatic heterocycles. The van der Waals surface area contributed by atoms with Gasteiger partial charge in [0.2, 0.25) is 0 Å². The van der Waals surface area contributed by atoms with Crippen LogP contribution in [0.15, 0.2) is 30.5 Å². The van der Waals surface area contributed by atoms with Crippen molar-refractivity contribution in [3.05, 3.63) is 41.7 Å². The van der Waals surface area contributed by atoms with Crippen LogP contribution in [0.25, 0.3) is 11.1 Å². The van der Waals surface area contributed by atoms with Crippen LogP contribution in [0.3, 0.4) is 0 Å². The Bertz CT molecular complexity index is 538. The number of Topliss-reactive ketones (excluding diaryl/α,β-unsaturated/α-hetero) is 1. The maximum absolute atomic E-state index is 11.0. The Labute approximate surface area is 101 Å². The molecule has 1 heterocycles. The van der Waals surface area contributed by atoms with Crippen molar-refractivity contribution in [1.82, 2.24) is 9.78 Å². The Morgan fingerprint density at radius 2 is 1.94 bits per heavy atom. The van der Waals surface area contributed by atoms with Crippen molar-refractivity contribution >= 4 is 5.78 Å². The number of benzene rings is 1. The third kappa shape index (κ3) is 2.44. The van der Waals surface area contributed by atoms with E-state index in [1.54, 1.807) is 6.92 Å². The Morgan fingerprint density at radius 1 is 1.29 bits per heavy atom. The van der Waals surface area contributed by atoms with Gasteiger partial charge in [0, 0.05) is 24.7 Å². The Kier molecular flexibility index (Phi) is 3.09. The lowest BCUT2D eigenvalue weighted by molar-refractivity contribution is -0.116. The topological polar surface area (TPSA) is 34.9 Å². The summed E-state index contributed by atoms with van der Waals surface area (Å²) in [5, 5.41) is 4.23. The summed E-state index contributed by atoms with van der Waals surface area (Å²) in [7, 11) is 1.93. The van der Waals surface area contributed by atoms with Crippen molar-refractivity contribution in [2.45, 2.75) is 20.3 Å². The second-order valence-electron chi connectivity index (χ2n) is 4.34. The van der Waals surface area contributed by atoms with Gasteiger partial charge < -0.3 is 0 Å². The third-order valence-corrected chi connectivity index (χ3v) is 2.95. The van der Waals surface area contributed by atoms with Crippen LogP contribution in [0.2, 0.25) is 0 Å². The number of hydrogen-bond acceptors (Lipinski definition) is 2. The summed E-state index contributed by atoms with van der Waals surface area (Å²) >= 11 is 0. The molecule has 88 valence electrons. The number of hydrogen-bond donors (Lipinski definition) is 0. The maximum atomic E-state index is 11.0. The van der Waals surface area contributed by atoms with Crippen LogP contribution in [-0.2, 0) is 18.3 Å². The molecule has 0 atom stereocenters. The number of nitrogens with zero attached hydrogens (tertiary/aromatic N) is 2. The minimum atomic E-state index is 0.190. The summed E-state index contributed by atoms with van der Waals surface area (Å²) in [6.07, 6.45) is 2.38. The van der Waals surface area contributed by atoms with E-state index in [-0.39, 0.29) is 5.78 Å². The highest BCUT2D eigenvalue weighted by Gasteiger charge is 2.06. The van der Waals surface area contributed by atoms with Crippen LogP contribution >= 0.6 is 0 Å². The SMILES string of the molecule is CC(=O)Cc1ccc(-c2cnn(C)c2C)cc1. The van der Waals surface area contributed by atoms with Crippen molar-refractivity contribution in [3.63, 3.8) is 0 Å². The summed E-state index contributed by atoms with van der Waals surface area (Å²) < 4.78 is 1.86. The molecule has 0 N–H and O–H groups in total. The van der Waals surface area contributed by atoms with E-state index in [1.807, 2.05) is 49.1 Å². The zero-order valence-electron chi connectivity index (χ0n) is 10.4. The van der Waals surface area contributed by atoms with Gasteiger partial charge in [-0.05, 0) is 25.0 Å². The van der Waals surface area contributed by atoms with E-state index in [0.29, 0.717) is 6.42 Å². The van der Waals surface area contributed by atoms with E-state index >= 15 is 0 Å². The maximum Gasteiger partial charge on any atom is 0.134 e. The van der Waals surface area contributed by atoms with Gasteiger partial charge in [0.1, 0.15) is 5.78 Å². The minimum absolute atomic E-state index is 0.190. The highest BCUT2D eigenvalue weighted by Crippen LogP contribution is 2.22. The standard InChI is InChI=1S/C14H16N2O/c1-10(17)8-12-4-6-13(7-5-12)14-9-15-16(3)11(14)2/h4-7,9H,8H2,1-3H3. The largest absolute Gasteiger partial charge is 0.300 e. The van der Waals surface area contributed by atoms with Crippen LogP contribution in [0.5, 0.6) is 0 Å². The Balaban J connectivity index is 2.29. The third-order valence-electron chi connectivity index (χ3n) is 2.95. The monoisotopic (exact) mass is 228 g/mol. The molecule has 0 spiro atoms. The molecule has 0 aliphatic carbocycles. The number of aromatic nitrogens is 2.